The summed E-state index contributed by atoms with van der Waals surface area (Å²) in [5.41, 5.74) is 7.56. The van der Waals surface area contributed by atoms with Gasteiger partial charge in [0.2, 0.25) is 5.91 Å². The first-order chi connectivity index (χ1) is 9.22. The zero-order chi connectivity index (χ0) is 13.7. The Balaban J connectivity index is 2.17. The highest BCUT2D eigenvalue weighted by Crippen LogP contribution is 2.17. The topological polar surface area (TPSA) is 68.0 Å². The van der Waals surface area contributed by atoms with Gasteiger partial charge in [-0.05, 0) is 24.1 Å². The molecule has 0 radical (unpaired) electrons. The van der Waals surface area contributed by atoms with E-state index in [1.165, 1.54) is 0 Å². The molecule has 0 aliphatic heterocycles. The van der Waals surface area contributed by atoms with Crippen molar-refractivity contribution in [1.82, 2.24) is 4.98 Å². The summed E-state index contributed by atoms with van der Waals surface area (Å²) in [5, 5.41) is 2.83. The normalized spacial score (nSPS) is 11.9. The van der Waals surface area contributed by atoms with Crippen molar-refractivity contribution >= 4 is 11.7 Å². The van der Waals surface area contributed by atoms with Gasteiger partial charge < -0.3 is 11.1 Å². The number of carbonyl (C=O) groups excluding carboxylic acids is 1. The van der Waals surface area contributed by atoms with Gasteiger partial charge in [-0.3, -0.25) is 4.79 Å². The Labute approximate surface area is 112 Å². The van der Waals surface area contributed by atoms with E-state index < -0.39 is 0 Å². The molecule has 0 spiro atoms. The van der Waals surface area contributed by atoms with Crippen molar-refractivity contribution in [2.24, 2.45) is 5.73 Å². The summed E-state index contributed by atoms with van der Waals surface area (Å²) >= 11 is 0. The maximum atomic E-state index is 12.3. The number of pyridine rings is 1. The average molecular weight is 255 g/mol. The molecule has 1 atom stereocenters. The van der Waals surface area contributed by atoms with Crippen LogP contribution in [-0.4, -0.2) is 17.4 Å². The van der Waals surface area contributed by atoms with E-state index >= 15 is 0 Å². The lowest BCUT2D eigenvalue weighted by Gasteiger charge is -2.15. The summed E-state index contributed by atoms with van der Waals surface area (Å²) in [6.45, 7) is 2.17. The van der Waals surface area contributed by atoms with E-state index in [4.69, 9.17) is 5.73 Å². The van der Waals surface area contributed by atoms with Crippen LogP contribution >= 0.6 is 0 Å². The van der Waals surface area contributed by atoms with Crippen LogP contribution in [0.1, 0.15) is 17.0 Å². The molecule has 1 aromatic carbocycles. The molecule has 1 amide bonds. The number of aromatic nitrogens is 1. The molecule has 1 heterocycles. The van der Waals surface area contributed by atoms with E-state index in [2.05, 4.69) is 10.3 Å². The van der Waals surface area contributed by atoms with E-state index in [0.717, 1.165) is 11.1 Å². The van der Waals surface area contributed by atoms with Crippen LogP contribution < -0.4 is 11.1 Å². The van der Waals surface area contributed by atoms with Crippen LogP contribution in [0.15, 0.2) is 48.7 Å². The summed E-state index contributed by atoms with van der Waals surface area (Å²) in [5.74, 6) is 0.0972. The number of amides is 1. The second kappa shape index (κ2) is 6.11. The number of hydrogen-bond donors (Lipinski definition) is 2. The van der Waals surface area contributed by atoms with Crippen LogP contribution in [0.2, 0.25) is 0 Å². The molecule has 4 heteroatoms. The van der Waals surface area contributed by atoms with Gasteiger partial charge in [0.25, 0.3) is 0 Å². The van der Waals surface area contributed by atoms with Crippen LogP contribution in [0.4, 0.5) is 5.82 Å². The van der Waals surface area contributed by atoms with E-state index in [0.29, 0.717) is 5.82 Å². The number of nitrogens with one attached hydrogen (secondary N) is 1. The lowest BCUT2D eigenvalue weighted by Crippen LogP contribution is -2.28. The molecule has 98 valence electrons. The molecule has 3 N–H and O–H groups in total. The zero-order valence-corrected chi connectivity index (χ0v) is 10.8. The fourth-order valence-electron chi connectivity index (χ4n) is 1.90. The molecule has 2 rings (SSSR count). The van der Waals surface area contributed by atoms with E-state index in [-0.39, 0.29) is 18.4 Å². The highest BCUT2D eigenvalue weighted by atomic mass is 16.2. The summed E-state index contributed by atoms with van der Waals surface area (Å²) in [6.07, 6.45) is 1.66. The standard InChI is InChI=1S/C15H17N3O/c1-11-6-5-9-17-14(11)18-15(19)13(10-16)12-7-3-2-4-8-12/h2-9,13H,10,16H2,1H3,(H,17,18,19). The largest absolute Gasteiger partial charge is 0.329 e. The predicted octanol–water partition coefficient (Wildman–Crippen LogP) is 2.07. The first-order valence-electron chi connectivity index (χ1n) is 6.20. The van der Waals surface area contributed by atoms with Gasteiger partial charge in [0.05, 0.1) is 5.92 Å². The Kier molecular flexibility index (Phi) is 4.26. The third-order valence-electron chi connectivity index (χ3n) is 3.01. The number of rotatable bonds is 4. The number of carbonyl (C=O) groups is 1. The Morgan fingerprint density at radius 3 is 2.63 bits per heavy atom. The summed E-state index contributed by atoms with van der Waals surface area (Å²) in [6, 6.07) is 13.3. The molecule has 0 aliphatic carbocycles. The Morgan fingerprint density at radius 2 is 2.00 bits per heavy atom. The quantitative estimate of drug-likeness (QED) is 0.878. The molecule has 0 saturated carbocycles. The second-order valence-electron chi connectivity index (χ2n) is 4.36. The van der Waals surface area contributed by atoms with Gasteiger partial charge in [0, 0.05) is 12.7 Å². The highest BCUT2D eigenvalue weighted by Gasteiger charge is 2.19. The number of nitrogens with zero attached hydrogens (tertiary/aromatic N) is 1. The average Bonchev–Trinajstić information content (AvgIpc) is 2.43. The maximum absolute atomic E-state index is 12.3. The molecular formula is C15H17N3O. The molecule has 2 aromatic rings. The van der Waals surface area contributed by atoms with Crippen LogP contribution in [-0.2, 0) is 4.79 Å². The predicted molar refractivity (Wildman–Crippen MR) is 75.8 cm³/mol. The molecule has 1 unspecified atom stereocenters. The van der Waals surface area contributed by atoms with Crippen LogP contribution in [0.3, 0.4) is 0 Å². The Morgan fingerprint density at radius 1 is 1.26 bits per heavy atom. The van der Waals surface area contributed by atoms with Crippen molar-refractivity contribution < 1.29 is 4.79 Å². The van der Waals surface area contributed by atoms with Gasteiger partial charge in [-0.15, -0.1) is 0 Å². The van der Waals surface area contributed by atoms with Gasteiger partial charge in [-0.25, -0.2) is 4.98 Å². The van der Waals surface area contributed by atoms with Gasteiger partial charge in [-0.1, -0.05) is 36.4 Å². The fraction of sp³-hybridized carbons (Fsp3) is 0.200. The molecule has 4 nitrogen and oxygen atoms in total. The minimum absolute atomic E-state index is 0.129. The van der Waals surface area contributed by atoms with Crippen LogP contribution in [0.25, 0.3) is 0 Å². The smallest absolute Gasteiger partial charge is 0.234 e. The zero-order valence-electron chi connectivity index (χ0n) is 10.8. The minimum atomic E-state index is -0.359. The molecule has 1 aromatic heterocycles. The SMILES string of the molecule is Cc1cccnc1NC(=O)C(CN)c1ccccc1. The van der Waals surface area contributed by atoms with Gasteiger partial charge in [0.1, 0.15) is 5.82 Å². The fourth-order valence-corrected chi connectivity index (χ4v) is 1.90. The number of anilines is 1. The summed E-state index contributed by atoms with van der Waals surface area (Å²) in [7, 11) is 0. The monoisotopic (exact) mass is 255 g/mol. The second-order valence-corrected chi connectivity index (χ2v) is 4.36. The van der Waals surface area contributed by atoms with Gasteiger partial charge in [0.15, 0.2) is 0 Å². The van der Waals surface area contributed by atoms with E-state index in [1.807, 2.05) is 49.4 Å². The molecule has 0 fully saturated rings. The maximum Gasteiger partial charge on any atom is 0.234 e. The molecule has 0 saturated heterocycles. The van der Waals surface area contributed by atoms with Crippen molar-refractivity contribution in [3.8, 4) is 0 Å². The van der Waals surface area contributed by atoms with Crippen LogP contribution in [0, 0.1) is 6.92 Å². The van der Waals surface area contributed by atoms with Crippen molar-refractivity contribution in [2.75, 3.05) is 11.9 Å². The van der Waals surface area contributed by atoms with Gasteiger partial charge >= 0.3 is 0 Å². The Hall–Kier alpha value is -2.20. The summed E-state index contributed by atoms with van der Waals surface area (Å²) in [4.78, 5) is 16.4. The number of aryl methyl sites for hydroxylation is 1. The third-order valence-corrected chi connectivity index (χ3v) is 3.01. The molecule has 0 aliphatic rings. The number of hydrogen-bond acceptors (Lipinski definition) is 3. The van der Waals surface area contributed by atoms with Crippen molar-refractivity contribution in [1.29, 1.82) is 0 Å². The van der Waals surface area contributed by atoms with Crippen LogP contribution in [0.5, 0.6) is 0 Å². The Bertz CT molecular complexity index is 554. The number of benzene rings is 1. The van der Waals surface area contributed by atoms with Crippen molar-refractivity contribution in [3.63, 3.8) is 0 Å². The molecule has 0 bridgehead atoms. The number of nitrogens with two attached hydrogens (primary N) is 1. The highest BCUT2D eigenvalue weighted by molar-refractivity contribution is 5.95. The van der Waals surface area contributed by atoms with Gasteiger partial charge in [-0.2, -0.15) is 0 Å². The minimum Gasteiger partial charge on any atom is -0.329 e. The van der Waals surface area contributed by atoms with E-state index in [1.54, 1.807) is 6.20 Å². The lowest BCUT2D eigenvalue weighted by atomic mass is 9.98. The van der Waals surface area contributed by atoms with Crippen molar-refractivity contribution in [3.05, 3.63) is 59.8 Å². The molecular weight excluding hydrogens is 238 g/mol. The lowest BCUT2D eigenvalue weighted by molar-refractivity contribution is -0.117. The van der Waals surface area contributed by atoms with Crippen molar-refractivity contribution in [2.45, 2.75) is 12.8 Å². The first kappa shape index (κ1) is 13.2. The van der Waals surface area contributed by atoms with E-state index in [9.17, 15) is 4.79 Å². The third kappa shape index (κ3) is 3.17. The first-order valence-corrected chi connectivity index (χ1v) is 6.20. The molecule has 19 heavy (non-hydrogen) atoms. The summed E-state index contributed by atoms with van der Waals surface area (Å²) < 4.78 is 0.